The van der Waals surface area contributed by atoms with Gasteiger partial charge in [-0.3, -0.25) is 9.69 Å². The fourth-order valence-corrected chi connectivity index (χ4v) is 6.31. The van der Waals surface area contributed by atoms with Crippen LogP contribution in [0.25, 0.3) is 0 Å². The molecule has 1 saturated heterocycles. The first-order valence-electron chi connectivity index (χ1n) is 11.1. The van der Waals surface area contributed by atoms with Crippen LogP contribution < -0.4 is 10.1 Å². The van der Waals surface area contributed by atoms with E-state index in [2.05, 4.69) is 10.2 Å². The van der Waals surface area contributed by atoms with Gasteiger partial charge in [0.15, 0.2) is 0 Å². The molecule has 2 aliphatic rings. The Bertz CT molecular complexity index is 813. The zero-order valence-corrected chi connectivity index (χ0v) is 19.0. The summed E-state index contributed by atoms with van der Waals surface area (Å²) in [6.07, 6.45) is 6.19. The van der Waals surface area contributed by atoms with Crippen molar-refractivity contribution in [1.82, 2.24) is 14.5 Å². The van der Waals surface area contributed by atoms with E-state index in [4.69, 9.17) is 4.74 Å². The lowest BCUT2D eigenvalue weighted by atomic mass is 9.79. The minimum Gasteiger partial charge on any atom is -0.496 e. The van der Waals surface area contributed by atoms with E-state index in [1.54, 1.807) is 23.5 Å². The summed E-state index contributed by atoms with van der Waals surface area (Å²) in [7, 11) is -1.58. The van der Waals surface area contributed by atoms with E-state index in [1.165, 1.54) is 6.42 Å². The molecular formula is C22H35N3O4S. The van der Waals surface area contributed by atoms with Gasteiger partial charge in [0, 0.05) is 38.3 Å². The molecule has 30 heavy (non-hydrogen) atoms. The number of benzene rings is 1. The molecule has 1 saturated carbocycles. The monoisotopic (exact) mass is 437 g/mol. The second-order valence-corrected chi connectivity index (χ2v) is 10.5. The van der Waals surface area contributed by atoms with E-state index >= 15 is 0 Å². The molecule has 7 nitrogen and oxygen atoms in total. The topological polar surface area (TPSA) is 79.0 Å². The number of rotatable bonds is 8. The predicted molar refractivity (Wildman–Crippen MR) is 118 cm³/mol. The van der Waals surface area contributed by atoms with E-state index in [0.29, 0.717) is 50.5 Å². The summed E-state index contributed by atoms with van der Waals surface area (Å²) in [5, 5.41) is 3.15. The maximum absolute atomic E-state index is 12.9. The van der Waals surface area contributed by atoms with Crippen molar-refractivity contribution in [2.45, 2.75) is 51.0 Å². The highest BCUT2D eigenvalue weighted by atomic mass is 32.2. The standard InChI is InChI=1S/C22H35N3O4S/c1-3-17-30(27,28)25-15-13-24(14-16-25)22(11-7-4-8-12-22)18-23-21(26)19-9-5-6-10-20(19)29-2/h5-6,9-10H,3-4,7-8,11-18H2,1-2H3,(H,23,26). The number of piperazine rings is 1. The van der Waals surface area contributed by atoms with Gasteiger partial charge in [-0.15, -0.1) is 0 Å². The summed E-state index contributed by atoms with van der Waals surface area (Å²) < 4.78 is 31.8. The minimum absolute atomic E-state index is 0.101. The molecule has 0 bridgehead atoms. The zero-order valence-electron chi connectivity index (χ0n) is 18.2. The number of carbonyl (C=O) groups excluding carboxylic acids is 1. The Morgan fingerprint density at radius 3 is 2.40 bits per heavy atom. The number of carbonyl (C=O) groups is 1. The Balaban J connectivity index is 1.67. The molecule has 3 rings (SSSR count). The van der Waals surface area contributed by atoms with E-state index in [-0.39, 0.29) is 17.2 Å². The van der Waals surface area contributed by atoms with Crippen LogP contribution in [-0.4, -0.2) is 74.7 Å². The van der Waals surface area contributed by atoms with Crippen LogP contribution in [0.2, 0.25) is 0 Å². The normalized spacial score (nSPS) is 20.6. The SMILES string of the molecule is CCCS(=O)(=O)N1CCN(C2(CNC(=O)c3ccccc3OC)CCCCC2)CC1. The summed E-state index contributed by atoms with van der Waals surface area (Å²) in [5.74, 6) is 0.664. The molecule has 1 amide bonds. The lowest BCUT2D eigenvalue weighted by Crippen LogP contribution is -2.62. The number of nitrogens with one attached hydrogen (secondary N) is 1. The van der Waals surface area contributed by atoms with Gasteiger partial charge in [-0.1, -0.05) is 38.3 Å². The number of methoxy groups -OCH3 is 1. The first-order valence-corrected chi connectivity index (χ1v) is 12.7. The number of para-hydroxylation sites is 1. The fraction of sp³-hybridized carbons (Fsp3) is 0.682. The third-order valence-corrected chi connectivity index (χ3v) is 8.55. The van der Waals surface area contributed by atoms with E-state index in [0.717, 1.165) is 25.7 Å². The van der Waals surface area contributed by atoms with Crippen LogP contribution in [0.5, 0.6) is 5.75 Å². The van der Waals surface area contributed by atoms with Crippen LogP contribution in [-0.2, 0) is 10.0 Å². The quantitative estimate of drug-likeness (QED) is 0.676. The van der Waals surface area contributed by atoms with Crippen molar-refractivity contribution in [1.29, 1.82) is 0 Å². The molecule has 1 aliphatic heterocycles. The third kappa shape index (κ3) is 5.15. The molecule has 1 heterocycles. The Morgan fingerprint density at radius 1 is 1.10 bits per heavy atom. The molecule has 0 radical (unpaired) electrons. The zero-order chi connectivity index (χ0) is 21.6. The molecule has 168 valence electrons. The van der Waals surface area contributed by atoms with Crippen molar-refractivity contribution < 1.29 is 17.9 Å². The molecule has 0 atom stereocenters. The summed E-state index contributed by atoms with van der Waals surface area (Å²) >= 11 is 0. The highest BCUT2D eigenvalue weighted by molar-refractivity contribution is 7.89. The Morgan fingerprint density at radius 2 is 1.77 bits per heavy atom. The van der Waals surface area contributed by atoms with Gasteiger partial charge < -0.3 is 10.1 Å². The average Bonchev–Trinajstić information content (AvgIpc) is 2.78. The number of hydrogen-bond acceptors (Lipinski definition) is 5. The highest BCUT2D eigenvalue weighted by Crippen LogP contribution is 2.34. The Kier molecular flexibility index (Phi) is 7.76. The van der Waals surface area contributed by atoms with Gasteiger partial charge in [-0.2, -0.15) is 4.31 Å². The lowest BCUT2D eigenvalue weighted by molar-refractivity contribution is 0.0240. The van der Waals surface area contributed by atoms with Crippen molar-refractivity contribution in [3.63, 3.8) is 0 Å². The van der Waals surface area contributed by atoms with E-state index < -0.39 is 10.0 Å². The number of hydrogen-bond donors (Lipinski definition) is 1. The third-order valence-electron chi connectivity index (χ3n) is 6.48. The smallest absolute Gasteiger partial charge is 0.255 e. The minimum atomic E-state index is -3.15. The van der Waals surface area contributed by atoms with Gasteiger partial charge in [-0.05, 0) is 31.4 Å². The molecule has 8 heteroatoms. The molecule has 1 N–H and O–H groups in total. The molecule has 1 aliphatic carbocycles. The van der Waals surface area contributed by atoms with Gasteiger partial charge in [0.2, 0.25) is 10.0 Å². The number of ether oxygens (including phenoxy) is 1. The van der Waals surface area contributed by atoms with Crippen LogP contribution in [0.15, 0.2) is 24.3 Å². The average molecular weight is 438 g/mol. The maximum atomic E-state index is 12.9. The molecule has 1 aromatic carbocycles. The molecule has 2 fully saturated rings. The Labute approximate surface area is 180 Å². The van der Waals surface area contributed by atoms with E-state index in [9.17, 15) is 13.2 Å². The number of nitrogens with zero attached hydrogens (tertiary/aromatic N) is 2. The van der Waals surface area contributed by atoms with Gasteiger partial charge in [0.25, 0.3) is 5.91 Å². The number of sulfonamides is 1. The maximum Gasteiger partial charge on any atom is 0.255 e. The van der Waals surface area contributed by atoms with E-state index in [1.807, 2.05) is 19.1 Å². The summed E-state index contributed by atoms with van der Waals surface area (Å²) in [6, 6.07) is 7.26. The molecule has 0 unspecified atom stereocenters. The van der Waals surface area contributed by atoms with Crippen molar-refractivity contribution in [2.75, 3.05) is 45.6 Å². The molecule has 1 aromatic rings. The van der Waals surface area contributed by atoms with Gasteiger partial charge >= 0.3 is 0 Å². The van der Waals surface area contributed by atoms with Crippen LogP contribution in [0.3, 0.4) is 0 Å². The predicted octanol–water partition coefficient (Wildman–Crippen LogP) is 2.49. The van der Waals surface area contributed by atoms with Gasteiger partial charge in [0.1, 0.15) is 5.75 Å². The van der Waals surface area contributed by atoms with Crippen molar-refractivity contribution in [3.8, 4) is 5.75 Å². The fourth-order valence-electron chi connectivity index (χ4n) is 4.81. The first kappa shape index (κ1) is 23.0. The van der Waals surface area contributed by atoms with Crippen molar-refractivity contribution >= 4 is 15.9 Å². The number of amides is 1. The van der Waals surface area contributed by atoms with Crippen LogP contribution in [0.1, 0.15) is 55.8 Å². The van der Waals surface area contributed by atoms with Crippen LogP contribution in [0.4, 0.5) is 0 Å². The van der Waals surface area contributed by atoms with Crippen molar-refractivity contribution in [3.05, 3.63) is 29.8 Å². The summed E-state index contributed by atoms with van der Waals surface area (Å²) in [4.78, 5) is 15.3. The first-order chi connectivity index (χ1) is 14.4. The summed E-state index contributed by atoms with van der Waals surface area (Å²) in [6.45, 7) is 4.97. The molecule has 0 spiro atoms. The highest BCUT2D eigenvalue weighted by Gasteiger charge is 2.41. The van der Waals surface area contributed by atoms with Crippen LogP contribution >= 0.6 is 0 Å². The largest absolute Gasteiger partial charge is 0.496 e. The molecular weight excluding hydrogens is 402 g/mol. The Hall–Kier alpha value is -1.64. The lowest BCUT2D eigenvalue weighted by Gasteiger charge is -2.49. The van der Waals surface area contributed by atoms with Crippen LogP contribution in [0, 0.1) is 0 Å². The van der Waals surface area contributed by atoms with Crippen molar-refractivity contribution in [2.24, 2.45) is 0 Å². The second kappa shape index (κ2) is 10.1. The molecule has 0 aromatic heterocycles. The second-order valence-electron chi connectivity index (χ2n) is 8.37. The summed E-state index contributed by atoms with van der Waals surface area (Å²) in [5.41, 5.74) is 0.442. The van der Waals surface area contributed by atoms with Gasteiger partial charge in [-0.25, -0.2) is 8.42 Å². The van der Waals surface area contributed by atoms with Gasteiger partial charge in [0.05, 0.1) is 18.4 Å².